The quantitative estimate of drug-likeness (QED) is 0.283. The number of hydrogen-bond acceptors (Lipinski definition) is 9. The van der Waals surface area contributed by atoms with E-state index in [4.69, 9.17) is 19.8 Å². The first kappa shape index (κ1) is 21.1. The summed E-state index contributed by atoms with van der Waals surface area (Å²) in [5.74, 6) is -3.65. The summed E-state index contributed by atoms with van der Waals surface area (Å²) in [6.07, 6.45) is 0. The van der Waals surface area contributed by atoms with E-state index in [1.165, 1.54) is 0 Å². The van der Waals surface area contributed by atoms with Crippen molar-refractivity contribution in [3.05, 3.63) is 0 Å². The van der Waals surface area contributed by atoms with Gasteiger partial charge in [-0.1, -0.05) is 0 Å². The van der Waals surface area contributed by atoms with Crippen LogP contribution in [-0.4, -0.2) is 22.2 Å². The molecule has 0 atom stereocenters. The van der Waals surface area contributed by atoms with Gasteiger partial charge in [-0.2, -0.15) is 0 Å². The number of carbonyl (C=O) groups is 2. The third kappa shape index (κ3) is 23.5. The minimum absolute atomic E-state index is 0. The van der Waals surface area contributed by atoms with Crippen LogP contribution in [0.25, 0.3) is 0 Å². The number of hydrogen-bond donors (Lipinski definition) is 2. The topological polar surface area (TPSA) is 210 Å². The van der Waals surface area contributed by atoms with Crippen LogP contribution in [0.15, 0.2) is 0 Å². The van der Waals surface area contributed by atoms with Crippen molar-refractivity contribution < 1.29 is 69.9 Å². The van der Waals surface area contributed by atoms with Crippen LogP contribution in [0.4, 0.5) is 0 Å². The average molecular weight is 319 g/mol. The second kappa shape index (κ2) is 7.91. The van der Waals surface area contributed by atoms with Crippen molar-refractivity contribution in [1.29, 1.82) is 0 Å². The third-order valence-electron chi connectivity index (χ3n) is 0.383. The van der Waals surface area contributed by atoms with Gasteiger partial charge in [-0.05, 0) is 0 Å². The molecule has 0 spiro atoms. The Bertz CT molecular complexity index is 291. The fourth-order valence-electron chi connectivity index (χ4n) is 0.122. The van der Waals surface area contributed by atoms with Gasteiger partial charge in [0.05, 0.1) is 15.6 Å². The molecule has 0 saturated carbocycles. The predicted octanol–water partition coefficient (Wildman–Crippen LogP) is -4.19. The fraction of sp³-hybridized carbons (Fsp3) is 0. The Balaban J connectivity index is -0.000000214. The van der Waals surface area contributed by atoms with Crippen molar-refractivity contribution >= 4 is 27.6 Å². The maximum Gasteiger partial charge on any atom is 4.00 e. The van der Waals surface area contributed by atoms with E-state index in [1.807, 2.05) is 0 Å². The van der Waals surface area contributed by atoms with E-state index in [2.05, 4.69) is 4.31 Å². The van der Waals surface area contributed by atoms with Gasteiger partial charge in [0.25, 0.3) is 0 Å². The van der Waals surface area contributed by atoms with E-state index >= 15 is 0 Å². The standard InChI is InChI=1S/C2H2O4.Mn.H4O7P2/c3-1(4)2(5)6;;1-8(2,3)7-9(4,5)6/h(H,3,4)(H,5,6);;(H2,1,2,3)(H2,4,5,6)/q;+4;/p-4. The Morgan fingerprint density at radius 1 is 0.875 bits per heavy atom. The monoisotopic (exact) mass is 319 g/mol. The molecular weight excluding hydrogens is 317 g/mol. The van der Waals surface area contributed by atoms with Crippen molar-refractivity contribution in [3.63, 3.8) is 0 Å². The Morgan fingerprint density at radius 2 is 1.06 bits per heavy atom. The molecule has 93 valence electrons. The SMILES string of the molecule is O=C(O)C(=O)O.O=P([O-])([O-])OP(=O)([O-])[O-].[Mn+4]. The maximum atomic E-state index is 9.32. The number of aliphatic carboxylic acids is 2. The first-order chi connectivity index (χ1) is 6.35. The van der Waals surface area contributed by atoms with Crippen LogP contribution in [-0.2, 0) is 40.1 Å². The van der Waals surface area contributed by atoms with Crippen LogP contribution < -0.4 is 19.6 Å². The molecule has 1 radical (unpaired) electrons. The van der Waals surface area contributed by atoms with Crippen molar-refractivity contribution in [2.24, 2.45) is 0 Å². The van der Waals surface area contributed by atoms with Crippen molar-refractivity contribution in [3.8, 4) is 0 Å². The Hall–Kier alpha value is -0.281. The van der Waals surface area contributed by atoms with E-state index < -0.39 is 27.6 Å². The molecule has 0 aromatic heterocycles. The molecule has 0 unspecified atom stereocenters. The van der Waals surface area contributed by atoms with E-state index in [-0.39, 0.29) is 17.1 Å². The zero-order chi connectivity index (χ0) is 12.9. The zero-order valence-electron chi connectivity index (χ0n) is 6.84. The van der Waals surface area contributed by atoms with Gasteiger partial charge >= 0.3 is 29.0 Å². The number of rotatable bonds is 2. The number of carboxylic acid groups (broad SMARTS) is 2. The predicted molar refractivity (Wildman–Crippen MR) is 31.6 cm³/mol. The van der Waals surface area contributed by atoms with E-state index in [0.717, 1.165) is 0 Å². The van der Waals surface area contributed by atoms with E-state index in [9.17, 15) is 28.7 Å². The Morgan fingerprint density at radius 3 is 1.06 bits per heavy atom. The molecule has 11 nitrogen and oxygen atoms in total. The third-order valence-corrected chi connectivity index (χ3v) is 1.98. The molecule has 0 aromatic carbocycles. The van der Waals surface area contributed by atoms with E-state index in [1.54, 1.807) is 0 Å². The molecule has 0 aliphatic rings. The van der Waals surface area contributed by atoms with Gasteiger partial charge in [-0.25, -0.2) is 9.59 Å². The van der Waals surface area contributed by atoms with Crippen LogP contribution >= 0.6 is 15.6 Å². The van der Waals surface area contributed by atoms with Crippen molar-refractivity contribution in [1.82, 2.24) is 0 Å². The normalized spacial score (nSPS) is 10.5. The summed E-state index contributed by atoms with van der Waals surface area (Å²) in [6.45, 7) is 0. The zero-order valence-corrected chi connectivity index (χ0v) is 9.81. The van der Waals surface area contributed by atoms with Gasteiger partial charge in [-0.3, -0.25) is 0 Å². The van der Waals surface area contributed by atoms with Gasteiger partial charge in [0.2, 0.25) is 0 Å². The molecule has 16 heavy (non-hydrogen) atoms. The molecule has 0 amide bonds. The number of phosphoric acid groups is 2. The summed E-state index contributed by atoms with van der Waals surface area (Å²) in [6, 6.07) is 0. The van der Waals surface area contributed by atoms with Crippen LogP contribution in [0.1, 0.15) is 0 Å². The molecule has 0 fully saturated rings. The summed E-state index contributed by atoms with van der Waals surface area (Å²) in [5, 5.41) is 14.8. The maximum absolute atomic E-state index is 9.32. The summed E-state index contributed by atoms with van der Waals surface area (Å²) in [4.78, 5) is 55.5. The minimum atomic E-state index is -5.68. The Labute approximate surface area is 98.0 Å². The summed E-state index contributed by atoms with van der Waals surface area (Å²) >= 11 is 0. The molecular formula is C2H2MnO11P2. The smallest absolute Gasteiger partial charge is 0.790 e. The van der Waals surface area contributed by atoms with Crippen molar-refractivity contribution in [2.45, 2.75) is 0 Å². The van der Waals surface area contributed by atoms with Gasteiger partial charge in [0.1, 0.15) is 0 Å². The molecule has 14 heteroatoms. The molecule has 0 rings (SSSR count). The summed E-state index contributed by atoms with van der Waals surface area (Å²) in [5.41, 5.74) is 0. The summed E-state index contributed by atoms with van der Waals surface area (Å²) < 4.78 is 21.2. The van der Waals surface area contributed by atoms with Gasteiger partial charge < -0.3 is 43.2 Å². The summed E-state index contributed by atoms with van der Waals surface area (Å²) in [7, 11) is -11.4. The molecule has 0 heterocycles. The first-order valence-corrected chi connectivity index (χ1v) is 5.49. The van der Waals surface area contributed by atoms with Crippen LogP contribution in [0.2, 0.25) is 0 Å². The minimum Gasteiger partial charge on any atom is -0.790 e. The molecule has 0 aliphatic carbocycles. The van der Waals surface area contributed by atoms with Gasteiger partial charge in [-0.15, -0.1) is 0 Å². The fourth-order valence-corrected chi connectivity index (χ4v) is 1.10. The molecule has 0 aromatic rings. The largest absolute Gasteiger partial charge is 4.00 e. The average Bonchev–Trinajstić information content (AvgIpc) is 1.78. The van der Waals surface area contributed by atoms with E-state index in [0.29, 0.717) is 0 Å². The number of carboxylic acids is 2. The van der Waals surface area contributed by atoms with Crippen LogP contribution in [0.5, 0.6) is 0 Å². The second-order valence-corrected chi connectivity index (χ2v) is 4.03. The Kier molecular flexibility index (Phi) is 10.4. The van der Waals surface area contributed by atoms with Crippen molar-refractivity contribution in [2.75, 3.05) is 0 Å². The first-order valence-electron chi connectivity index (χ1n) is 2.57. The molecule has 0 saturated heterocycles. The van der Waals surface area contributed by atoms with Crippen LogP contribution in [0.3, 0.4) is 0 Å². The second-order valence-electron chi connectivity index (χ2n) is 1.59. The molecule has 0 aliphatic heterocycles. The molecule has 0 bridgehead atoms. The van der Waals surface area contributed by atoms with Gasteiger partial charge in [0.15, 0.2) is 0 Å². The van der Waals surface area contributed by atoms with Gasteiger partial charge in [0, 0.05) is 0 Å². The molecule has 2 N–H and O–H groups in total. The van der Waals surface area contributed by atoms with Crippen LogP contribution in [0, 0.1) is 0 Å².